The van der Waals surface area contributed by atoms with Crippen LogP contribution in [-0.4, -0.2) is 58.6 Å². The van der Waals surface area contributed by atoms with E-state index in [1.165, 1.54) is 17.0 Å². The Balaban J connectivity index is 1.20. The number of hydrogen-bond acceptors (Lipinski definition) is 7. The summed E-state index contributed by atoms with van der Waals surface area (Å²) in [5.41, 5.74) is 1.72. The third-order valence-electron chi connectivity index (χ3n) is 8.17. The van der Waals surface area contributed by atoms with Crippen LogP contribution in [0.5, 0.6) is 11.8 Å². The number of alkyl halides is 3. The lowest BCUT2D eigenvalue weighted by Crippen LogP contribution is -2.52. The maximum absolute atomic E-state index is 13.9. The molecule has 0 atom stereocenters. The van der Waals surface area contributed by atoms with Crippen LogP contribution in [0.4, 0.5) is 13.2 Å². The van der Waals surface area contributed by atoms with Gasteiger partial charge in [0.1, 0.15) is 0 Å². The molecule has 6 rings (SSSR count). The van der Waals surface area contributed by atoms with E-state index in [2.05, 4.69) is 21.4 Å². The number of pyridine rings is 3. The Morgan fingerprint density at radius 3 is 2.63 bits per heavy atom. The molecule has 0 unspecified atom stereocenters. The Kier molecular flexibility index (Phi) is 7.31. The van der Waals surface area contributed by atoms with Gasteiger partial charge in [0.15, 0.2) is 5.69 Å². The monoisotopic (exact) mass is 567 g/mol. The smallest absolute Gasteiger partial charge is 0.434 e. The summed E-state index contributed by atoms with van der Waals surface area (Å²) in [6.45, 7) is 4.72. The molecule has 1 saturated carbocycles. The molecular weight excluding hydrogens is 535 g/mol. The van der Waals surface area contributed by atoms with Crippen molar-refractivity contribution in [2.24, 2.45) is 5.92 Å². The number of amides is 1. The number of likely N-dealkylation sites (tertiary alicyclic amines) is 1. The zero-order valence-electron chi connectivity index (χ0n) is 22.8. The summed E-state index contributed by atoms with van der Waals surface area (Å²) in [7, 11) is 0. The quantitative estimate of drug-likeness (QED) is 0.429. The molecular formula is C30H32F3N5O3. The SMILES string of the molecule is CCOc1ncccc1-c1ccc2c(n1)CNCC21CCN(C(=O)c2ccc(OCC3CC3)nc2C(F)(F)F)CC1. The van der Waals surface area contributed by atoms with Gasteiger partial charge in [-0.05, 0) is 68.4 Å². The van der Waals surface area contributed by atoms with E-state index in [9.17, 15) is 18.0 Å². The van der Waals surface area contributed by atoms with Gasteiger partial charge in [0, 0.05) is 43.9 Å². The molecule has 1 amide bonds. The molecule has 0 radical (unpaired) electrons. The highest BCUT2D eigenvalue weighted by Gasteiger charge is 2.43. The molecule has 3 aromatic heterocycles. The molecule has 0 aromatic carbocycles. The molecule has 11 heteroatoms. The molecule has 1 aliphatic carbocycles. The summed E-state index contributed by atoms with van der Waals surface area (Å²) >= 11 is 0. The van der Waals surface area contributed by atoms with Gasteiger partial charge in [-0.2, -0.15) is 13.2 Å². The fraction of sp³-hybridized carbons (Fsp3) is 0.467. The molecule has 5 heterocycles. The van der Waals surface area contributed by atoms with Crippen LogP contribution in [-0.2, 0) is 18.1 Å². The second-order valence-electron chi connectivity index (χ2n) is 11.0. The first-order valence-electron chi connectivity index (χ1n) is 14.1. The summed E-state index contributed by atoms with van der Waals surface area (Å²) in [5, 5.41) is 3.47. The predicted molar refractivity (Wildman–Crippen MR) is 145 cm³/mol. The number of aromatic nitrogens is 3. The van der Waals surface area contributed by atoms with Crippen molar-refractivity contribution in [2.45, 2.75) is 50.7 Å². The maximum atomic E-state index is 13.9. The number of carbonyl (C=O) groups excluding carboxylic acids is 1. The van der Waals surface area contributed by atoms with Crippen LogP contribution in [0.1, 0.15) is 59.9 Å². The molecule has 1 saturated heterocycles. The van der Waals surface area contributed by atoms with Gasteiger partial charge in [0.2, 0.25) is 11.8 Å². The van der Waals surface area contributed by atoms with Crippen molar-refractivity contribution in [1.82, 2.24) is 25.2 Å². The Hall–Kier alpha value is -3.73. The maximum Gasteiger partial charge on any atom is 0.434 e. The van der Waals surface area contributed by atoms with Gasteiger partial charge < -0.3 is 19.7 Å². The van der Waals surface area contributed by atoms with Crippen molar-refractivity contribution in [3.05, 3.63) is 65.1 Å². The molecule has 8 nitrogen and oxygen atoms in total. The molecule has 41 heavy (non-hydrogen) atoms. The lowest BCUT2D eigenvalue weighted by molar-refractivity contribution is -0.141. The van der Waals surface area contributed by atoms with Crippen LogP contribution in [0.25, 0.3) is 11.3 Å². The van der Waals surface area contributed by atoms with Crippen LogP contribution in [0.2, 0.25) is 0 Å². The Morgan fingerprint density at radius 1 is 1.10 bits per heavy atom. The van der Waals surface area contributed by atoms with Gasteiger partial charge in [-0.25, -0.2) is 9.97 Å². The fourth-order valence-corrected chi connectivity index (χ4v) is 5.77. The molecule has 3 aromatic rings. The van der Waals surface area contributed by atoms with Crippen LogP contribution >= 0.6 is 0 Å². The minimum absolute atomic E-state index is 0.102. The first-order chi connectivity index (χ1) is 19.8. The van der Waals surface area contributed by atoms with E-state index in [1.54, 1.807) is 6.20 Å². The average molecular weight is 568 g/mol. The normalized spacial score (nSPS) is 18.2. The number of piperidine rings is 1. The number of nitrogens with zero attached hydrogens (tertiary/aromatic N) is 4. The third kappa shape index (κ3) is 5.59. The summed E-state index contributed by atoms with van der Waals surface area (Å²) < 4.78 is 52.9. The van der Waals surface area contributed by atoms with Gasteiger partial charge in [0.25, 0.3) is 5.91 Å². The van der Waals surface area contributed by atoms with Crippen LogP contribution in [0.15, 0.2) is 42.6 Å². The Bertz CT molecular complexity index is 1440. The minimum atomic E-state index is -4.77. The van der Waals surface area contributed by atoms with Gasteiger partial charge in [-0.1, -0.05) is 6.07 Å². The molecule has 0 bridgehead atoms. The van der Waals surface area contributed by atoms with Gasteiger partial charge in [-0.15, -0.1) is 0 Å². The first-order valence-corrected chi connectivity index (χ1v) is 14.1. The highest BCUT2D eigenvalue weighted by Crippen LogP contribution is 2.41. The lowest BCUT2D eigenvalue weighted by Gasteiger charge is -2.45. The van der Waals surface area contributed by atoms with E-state index in [-0.39, 0.29) is 11.3 Å². The Labute approximate surface area is 236 Å². The van der Waals surface area contributed by atoms with Crippen molar-refractivity contribution < 1.29 is 27.4 Å². The van der Waals surface area contributed by atoms with E-state index >= 15 is 0 Å². The zero-order chi connectivity index (χ0) is 28.6. The number of carbonyl (C=O) groups is 1. The summed E-state index contributed by atoms with van der Waals surface area (Å²) in [4.78, 5) is 27.8. The van der Waals surface area contributed by atoms with Crippen LogP contribution < -0.4 is 14.8 Å². The molecule has 1 N–H and O–H groups in total. The van der Waals surface area contributed by atoms with E-state index in [4.69, 9.17) is 14.5 Å². The number of hydrogen-bond donors (Lipinski definition) is 1. The zero-order valence-corrected chi connectivity index (χ0v) is 22.8. The number of fused-ring (bicyclic) bond motifs is 2. The highest BCUT2D eigenvalue weighted by molar-refractivity contribution is 5.95. The van der Waals surface area contributed by atoms with Crippen LogP contribution in [0.3, 0.4) is 0 Å². The van der Waals surface area contributed by atoms with Gasteiger partial charge in [0.05, 0.1) is 35.7 Å². The summed E-state index contributed by atoms with van der Waals surface area (Å²) in [5.74, 6) is 0.140. The van der Waals surface area contributed by atoms with Gasteiger partial charge in [-0.3, -0.25) is 9.78 Å². The number of rotatable bonds is 7. The van der Waals surface area contributed by atoms with Gasteiger partial charge >= 0.3 is 6.18 Å². The van der Waals surface area contributed by atoms with Crippen LogP contribution in [0, 0.1) is 5.92 Å². The van der Waals surface area contributed by atoms with E-state index in [1.807, 2.05) is 25.1 Å². The van der Waals surface area contributed by atoms with Crippen molar-refractivity contribution in [3.8, 4) is 23.0 Å². The van der Waals surface area contributed by atoms with Crippen molar-refractivity contribution in [2.75, 3.05) is 32.8 Å². The van der Waals surface area contributed by atoms with Crippen molar-refractivity contribution in [1.29, 1.82) is 0 Å². The van der Waals surface area contributed by atoms with E-state index < -0.39 is 23.3 Å². The first kappa shape index (κ1) is 27.4. The molecule has 3 aliphatic rings. The second-order valence-corrected chi connectivity index (χ2v) is 11.0. The lowest BCUT2D eigenvalue weighted by atomic mass is 9.70. The highest BCUT2D eigenvalue weighted by atomic mass is 19.4. The molecule has 216 valence electrons. The van der Waals surface area contributed by atoms with Crippen molar-refractivity contribution >= 4 is 5.91 Å². The van der Waals surface area contributed by atoms with Crippen molar-refractivity contribution in [3.63, 3.8) is 0 Å². The average Bonchev–Trinajstić information content (AvgIpc) is 3.81. The minimum Gasteiger partial charge on any atom is -0.477 e. The third-order valence-corrected chi connectivity index (χ3v) is 8.17. The topological polar surface area (TPSA) is 89.5 Å². The predicted octanol–water partition coefficient (Wildman–Crippen LogP) is 5.02. The second kappa shape index (κ2) is 10.9. The summed E-state index contributed by atoms with van der Waals surface area (Å²) in [6.07, 6.45) is 0.143. The summed E-state index contributed by atoms with van der Waals surface area (Å²) in [6, 6.07) is 10.4. The fourth-order valence-electron chi connectivity index (χ4n) is 5.77. The number of halogens is 3. The van der Waals surface area contributed by atoms with E-state index in [0.29, 0.717) is 64.0 Å². The van der Waals surface area contributed by atoms with E-state index in [0.717, 1.165) is 35.4 Å². The number of ether oxygens (including phenoxy) is 2. The largest absolute Gasteiger partial charge is 0.477 e. The molecule has 1 spiro atoms. The Morgan fingerprint density at radius 2 is 1.90 bits per heavy atom. The molecule has 2 fully saturated rings. The molecule has 2 aliphatic heterocycles. The standard InChI is InChI=1S/C30H32F3N5O3/c1-2-40-27-20(4-3-13-35-27)23-9-8-22-24(36-23)16-34-18-29(22)11-14-38(15-12-29)28(39)21-7-10-25(41-17-19-5-6-19)37-26(21)30(31,32)33/h3-4,7-10,13,19,34H,2,5-6,11-12,14-18H2,1H3. The number of nitrogens with one attached hydrogen (secondary N) is 1.